The van der Waals surface area contributed by atoms with E-state index in [2.05, 4.69) is 19.7 Å². The van der Waals surface area contributed by atoms with E-state index in [-0.39, 0.29) is 22.0 Å². The number of hydrogen-bond acceptors (Lipinski definition) is 7. The fourth-order valence-electron chi connectivity index (χ4n) is 3.12. The number of anilines is 3. The zero-order chi connectivity index (χ0) is 25.1. The highest BCUT2D eigenvalue weighted by atomic mass is 32.2. The molecule has 1 amide bonds. The number of amides is 1. The van der Waals surface area contributed by atoms with Crippen LogP contribution >= 0.6 is 0 Å². The molecular weight excluding hydrogens is 480 g/mol. The van der Waals surface area contributed by atoms with Crippen LogP contribution in [0.1, 0.15) is 21.5 Å². The summed E-state index contributed by atoms with van der Waals surface area (Å²) in [4.78, 5) is 16.4. The average molecular weight is 505 g/mol. The van der Waals surface area contributed by atoms with Crippen LogP contribution in [-0.4, -0.2) is 41.1 Å². The molecule has 1 heterocycles. The molecule has 0 saturated heterocycles. The van der Waals surface area contributed by atoms with E-state index in [1.807, 2.05) is 6.07 Å². The lowest BCUT2D eigenvalue weighted by Crippen LogP contribution is -2.18. The smallest absolute Gasteiger partial charge is 0.267 e. The van der Waals surface area contributed by atoms with Crippen molar-refractivity contribution in [2.75, 3.05) is 28.1 Å². The molecule has 12 heteroatoms. The van der Waals surface area contributed by atoms with E-state index >= 15 is 0 Å². The molecule has 3 N–H and O–H groups in total. The van der Waals surface area contributed by atoms with Crippen LogP contribution in [-0.2, 0) is 20.0 Å². The summed E-state index contributed by atoms with van der Waals surface area (Å²) in [6, 6.07) is 12.4. The van der Waals surface area contributed by atoms with Crippen LogP contribution in [0.15, 0.2) is 59.6 Å². The minimum Gasteiger partial charge on any atom is -0.480 e. The van der Waals surface area contributed by atoms with Gasteiger partial charge in [0.2, 0.25) is 15.9 Å². The van der Waals surface area contributed by atoms with Gasteiger partial charge in [-0.25, -0.2) is 21.8 Å². The standard InChI is InChI=1S/C22H24N4O6S2/c1-14-6-5-7-15(2)20(14)26-34(30,31)19-12-18(13-23-22(19)32-3)24-21(27)16-8-10-17(11-9-16)25-33(4,28)29/h5-13,25-26H,1-4H3,(H,24,27). The lowest BCUT2D eigenvalue weighted by Gasteiger charge is -2.15. The third-order valence-corrected chi connectivity index (χ3v) is 6.68. The van der Waals surface area contributed by atoms with Crippen molar-refractivity contribution in [2.24, 2.45) is 0 Å². The predicted octanol–water partition coefficient (Wildman–Crippen LogP) is 3.13. The number of rotatable bonds is 8. The van der Waals surface area contributed by atoms with Crippen LogP contribution in [0.2, 0.25) is 0 Å². The topological polar surface area (TPSA) is 144 Å². The Bertz CT molecular complexity index is 1420. The number of ether oxygens (including phenoxy) is 1. The number of pyridine rings is 1. The summed E-state index contributed by atoms with van der Waals surface area (Å²) in [6.07, 6.45) is 2.29. The van der Waals surface area contributed by atoms with Gasteiger partial charge < -0.3 is 10.1 Å². The Kier molecular flexibility index (Phi) is 7.12. The number of aryl methyl sites for hydroxylation is 2. The fraction of sp³-hybridized carbons (Fsp3) is 0.182. The molecule has 0 fully saturated rings. The van der Waals surface area contributed by atoms with Gasteiger partial charge in [0, 0.05) is 11.3 Å². The predicted molar refractivity (Wildman–Crippen MR) is 130 cm³/mol. The zero-order valence-electron chi connectivity index (χ0n) is 18.9. The van der Waals surface area contributed by atoms with E-state index in [9.17, 15) is 21.6 Å². The summed E-state index contributed by atoms with van der Waals surface area (Å²) >= 11 is 0. The van der Waals surface area contributed by atoms with E-state index in [1.54, 1.807) is 26.0 Å². The summed E-state index contributed by atoms with van der Waals surface area (Å²) in [5.74, 6) is -0.670. The number of benzene rings is 2. The highest BCUT2D eigenvalue weighted by Gasteiger charge is 2.23. The van der Waals surface area contributed by atoms with Crippen molar-refractivity contribution in [1.29, 1.82) is 0 Å². The van der Waals surface area contributed by atoms with Crippen LogP contribution in [0.3, 0.4) is 0 Å². The highest BCUT2D eigenvalue weighted by Crippen LogP contribution is 2.29. The minimum atomic E-state index is -4.10. The second kappa shape index (κ2) is 9.69. The first-order valence-corrected chi connectivity index (χ1v) is 13.3. The Balaban J connectivity index is 1.87. The normalized spacial score (nSPS) is 11.5. The molecule has 0 unspecified atom stereocenters. The summed E-state index contributed by atoms with van der Waals surface area (Å²) in [7, 11) is -6.25. The molecular formula is C22H24N4O6S2. The van der Waals surface area contributed by atoms with Crippen molar-refractivity contribution >= 4 is 43.0 Å². The van der Waals surface area contributed by atoms with Crippen LogP contribution in [0.4, 0.5) is 17.1 Å². The maximum atomic E-state index is 13.1. The van der Waals surface area contributed by atoms with E-state index < -0.39 is 26.0 Å². The molecule has 0 radical (unpaired) electrons. The molecule has 0 aliphatic heterocycles. The molecule has 3 aromatic rings. The number of methoxy groups -OCH3 is 1. The molecule has 10 nitrogen and oxygen atoms in total. The molecule has 1 aromatic heterocycles. The Hall–Kier alpha value is -3.64. The maximum Gasteiger partial charge on any atom is 0.267 e. The number of aromatic nitrogens is 1. The van der Waals surface area contributed by atoms with Gasteiger partial charge >= 0.3 is 0 Å². The van der Waals surface area contributed by atoms with Gasteiger partial charge in [0.1, 0.15) is 0 Å². The van der Waals surface area contributed by atoms with Crippen LogP contribution < -0.4 is 19.5 Å². The molecule has 180 valence electrons. The molecule has 3 rings (SSSR count). The first-order chi connectivity index (χ1) is 15.9. The largest absolute Gasteiger partial charge is 0.480 e. The highest BCUT2D eigenvalue weighted by molar-refractivity contribution is 7.93. The summed E-state index contributed by atoms with van der Waals surface area (Å²) < 4.78 is 58.9. The van der Waals surface area contributed by atoms with Gasteiger partial charge in [-0.3, -0.25) is 14.2 Å². The van der Waals surface area contributed by atoms with E-state index in [0.717, 1.165) is 17.4 Å². The SMILES string of the molecule is COc1ncc(NC(=O)c2ccc(NS(C)(=O)=O)cc2)cc1S(=O)(=O)Nc1c(C)cccc1C. The van der Waals surface area contributed by atoms with Crippen molar-refractivity contribution in [3.05, 3.63) is 71.4 Å². The first kappa shape index (κ1) is 25.0. The Morgan fingerprint density at radius 3 is 2.09 bits per heavy atom. The van der Waals surface area contributed by atoms with Crippen LogP contribution in [0.5, 0.6) is 5.88 Å². The van der Waals surface area contributed by atoms with Crippen molar-refractivity contribution in [3.63, 3.8) is 0 Å². The molecule has 0 bridgehead atoms. The fourth-order valence-corrected chi connectivity index (χ4v) is 5.03. The monoisotopic (exact) mass is 504 g/mol. The molecule has 0 spiro atoms. The van der Waals surface area contributed by atoms with E-state index in [0.29, 0.717) is 11.4 Å². The van der Waals surface area contributed by atoms with Gasteiger partial charge in [0.05, 0.1) is 30.9 Å². The lowest BCUT2D eigenvalue weighted by molar-refractivity contribution is 0.102. The number of para-hydroxylation sites is 1. The molecule has 34 heavy (non-hydrogen) atoms. The van der Waals surface area contributed by atoms with Gasteiger partial charge in [-0.1, -0.05) is 18.2 Å². The van der Waals surface area contributed by atoms with Crippen molar-refractivity contribution in [1.82, 2.24) is 4.98 Å². The third-order valence-electron chi connectivity index (χ3n) is 4.73. The van der Waals surface area contributed by atoms with Gasteiger partial charge in [-0.05, 0) is 55.3 Å². The lowest BCUT2D eigenvalue weighted by atomic mass is 10.1. The van der Waals surface area contributed by atoms with Gasteiger partial charge in [-0.15, -0.1) is 0 Å². The number of nitrogens with zero attached hydrogens (tertiary/aromatic N) is 1. The number of nitrogens with one attached hydrogen (secondary N) is 3. The Morgan fingerprint density at radius 2 is 1.53 bits per heavy atom. The second-order valence-electron chi connectivity index (χ2n) is 7.51. The average Bonchev–Trinajstić information content (AvgIpc) is 2.76. The molecule has 0 aliphatic rings. The van der Waals surface area contributed by atoms with E-state index in [1.165, 1.54) is 43.6 Å². The number of sulfonamides is 2. The van der Waals surface area contributed by atoms with Crippen LogP contribution in [0.25, 0.3) is 0 Å². The quantitative estimate of drug-likeness (QED) is 0.427. The number of carbonyl (C=O) groups excluding carboxylic acids is 1. The number of hydrogen-bond donors (Lipinski definition) is 3. The summed E-state index contributed by atoms with van der Waals surface area (Å²) in [6.45, 7) is 3.57. The van der Waals surface area contributed by atoms with Gasteiger partial charge in [-0.2, -0.15) is 0 Å². The second-order valence-corrected chi connectivity index (χ2v) is 10.9. The molecule has 2 aromatic carbocycles. The Morgan fingerprint density at radius 1 is 0.912 bits per heavy atom. The molecule has 0 aliphatic carbocycles. The van der Waals surface area contributed by atoms with Crippen molar-refractivity contribution in [3.8, 4) is 5.88 Å². The zero-order valence-corrected chi connectivity index (χ0v) is 20.5. The number of carbonyl (C=O) groups is 1. The first-order valence-electron chi connectivity index (χ1n) is 9.92. The molecule has 0 atom stereocenters. The van der Waals surface area contributed by atoms with Gasteiger partial charge in [0.15, 0.2) is 4.90 Å². The van der Waals surface area contributed by atoms with Crippen molar-refractivity contribution in [2.45, 2.75) is 18.7 Å². The summed E-state index contributed by atoms with van der Waals surface area (Å²) in [5.41, 5.74) is 2.60. The van der Waals surface area contributed by atoms with Gasteiger partial charge in [0.25, 0.3) is 15.9 Å². The van der Waals surface area contributed by atoms with Crippen molar-refractivity contribution < 1.29 is 26.4 Å². The molecule has 0 saturated carbocycles. The van der Waals surface area contributed by atoms with Crippen LogP contribution in [0, 0.1) is 13.8 Å². The third kappa shape index (κ3) is 6.02. The summed E-state index contributed by atoms with van der Waals surface area (Å²) in [5, 5.41) is 2.59. The maximum absolute atomic E-state index is 13.1. The van der Waals surface area contributed by atoms with E-state index in [4.69, 9.17) is 4.74 Å². The minimum absolute atomic E-state index is 0.131. The Labute approximate surface area is 198 Å².